The van der Waals surface area contributed by atoms with Crippen molar-refractivity contribution in [3.63, 3.8) is 0 Å². The molecule has 1 aliphatic heterocycles. The lowest BCUT2D eigenvalue weighted by Gasteiger charge is -2.22. The summed E-state index contributed by atoms with van der Waals surface area (Å²) in [5.74, 6) is -0.130. The quantitative estimate of drug-likeness (QED) is 0.878. The van der Waals surface area contributed by atoms with Gasteiger partial charge in [0.15, 0.2) is 15.5 Å². The van der Waals surface area contributed by atoms with Crippen LogP contribution in [0, 0.1) is 0 Å². The molecular formula is C11H16BrN3O3S. The zero-order chi connectivity index (χ0) is 14.0. The first-order valence-corrected chi connectivity index (χ1v) is 8.60. The first-order valence-electron chi connectivity index (χ1n) is 6.09. The SMILES string of the molecule is Cn1cc(Br)c(C(=O)NCC2CCCCS2(=O)=O)n1. The third-order valence-electron chi connectivity index (χ3n) is 3.20. The van der Waals surface area contributed by atoms with Gasteiger partial charge < -0.3 is 5.32 Å². The zero-order valence-electron chi connectivity index (χ0n) is 10.6. The minimum atomic E-state index is -3.06. The first kappa shape index (κ1) is 14.5. The van der Waals surface area contributed by atoms with Gasteiger partial charge in [0.25, 0.3) is 5.91 Å². The minimum Gasteiger partial charge on any atom is -0.349 e. The molecule has 0 aromatic carbocycles. The molecule has 8 heteroatoms. The molecule has 19 heavy (non-hydrogen) atoms. The molecule has 0 spiro atoms. The van der Waals surface area contributed by atoms with Crippen LogP contribution in [0.15, 0.2) is 10.7 Å². The highest BCUT2D eigenvalue weighted by Crippen LogP contribution is 2.19. The van der Waals surface area contributed by atoms with Crippen molar-refractivity contribution in [1.29, 1.82) is 0 Å². The average molecular weight is 350 g/mol. The standard InChI is InChI=1S/C11H16BrN3O3S/c1-15-7-9(12)10(14-15)11(16)13-6-8-4-2-3-5-19(8,17)18/h7-8H,2-6H2,1H3,(H,13,16). The van der Waals surface area contributed by atoms with Gasteiger partial charge in [-0.15, -0.1) is 0 Å². The third kappa shape index (κ3) is 3.36. The lowest BCUT2D eigenvalue weighted by Crippen LogP contribution is -2.40. The Labute approximate surface area is 120 Å². The van der Waals surface area contributed by atoms with E-state index in [0.29, 0.717) is 10.9 Å². The number of sulfone groups is 1. The molecule has 1 fully saturated rings. The summed E-state index contributed by atoms with van der Waals surface area (Å²) in [7, 11) is -1.34. The molecule has 0 bridgehead atoms. The van der Waals surface area contributed by atoms with Gasteiger partial charge in [0.05, 0.1) is 15.5 Å². The second-order valence-electron chi connectivity index (χ2n) is 4.69. The van der Waals surface area contributed by atoms with Crippen LogP contribution in [0.2, 0.25) is 0 Å². The summed E-state index contributed by atoms with van der Waals surface area (Å²) in [6, 6.07) is 0. The molecule has 0 saturated carbocycles. The number of nitrogens with zero attached hydrogens (tertiary/aromatic N) is 2. The van der Waals surface area contributed by atoms with Crippen LogP contribution in [0.5, 0.6) is 0 Å². The number of amides is 1. The molecule has 1 aromatic heterocycles. The van der Waals surface area contributed by atoms with Gasteiger partial charge in [-0.2, -0.15) is 5.10 Å². The Morgan fingerprint density at radius 2 is 2.32 bits per heavy atom. The van der Waals surface area contributed by atoms with Crippen molar-refractivity contribution in [3.8, 4) is 0 Å². The van der Waals surface area contributed by atoms with E-state index in [1.54, 1.807) is 13.2 Å². The summed E-state index contributed by atoms with van der Waals surface area (Å²) in [5.41, 5.74) is 0.274. The van der Waals surface area contributed by atoms with E-state index >= 15 is 0 Å². The van der Waals surface area contributed by atoms with Crippen molar-refractivity contribution in [2.75, 3.05) is 12.3 Å². The van der Waals surface area contributed by atoms with Gasteiger partial charge in [-0.05, 0) is 28.8 Å². The van der Waals surface area contributed by atoms with E-state index in [0.717, 1.165) is 12.8 Å². The van der Waals surface area contributed by atoms with Crippen LogP contribution in [-0.4, -0.2) is 41.7 Å². The van der Waals surface area contributed by atoms with Gasteiger partial charge in [0, 0.05) is 19.8 Å². The van der Waals surface area contributed by atoms with Gasteiger partial charge in [-0.3, -0.25) is 9.48 Å². The largest absolute Gasteiger partial charge is 0.349 e. The molecule has 1 unspecified atom stereocenters. The highest BCUT2D eigenvalue weighted by molar-refractivity contribution is 9.10. The van der Waals surface area contributed by atoms with E-state index < -0.39 is 15.1 Å². The summed E-state index contributed by atoms with van der Waals surface area (Å²) < 4.78 is 25.8. The number of hydrogen-bond acceptors (Lipinski definition) is 4. The molecule has 2 rings (SSSR count). The maximum Gasteiger partial charge on any atom is 0.273 e. The molecule has 1 saturated heterocycles. The molecule has 1 atom stereocenters. The van der Waals surface area contributed by atoms with E-state index in [-0.39, 0.29) is 23.9 Å². The Kier molecular flexibility index (Phi) is 4.29. The minimum absolute atomic E-state index is 0.157. The molecular weight excluding hydrogens is 334 g/mol. The summed E-state index contributed by atoms with van der Waals surface area (Å²) in [6.45, 7) is 0.157. The Bertz CT molecular complexity index is 582. The maximum absolute atomic E-state index is 11.9. The maximum atomic E-state index is 11.9. The summed E-state index contributed by atoms with van der Waals surface area (Å²) in [6.07, 6.45) is 3.91. The van der Waals surface area contributed by atoms with Gasteiger partial charge in [-0.1, -0.05) is 6.42 Å². The zero-order valence-corrected chi connectivity index (χ0v) is 13.0. The molecule has 1 aliphatic rings. The van der Waals surface area contributed by atoms with Crippen LogP contribution < -0.4 is 5.32 Å². The Balaban J connectivity index is 1.99. The molecule has 2 heterocycles. The van der Waals surface area contributed by atoms with Gasteiger partial charge in [-0.25, -0.2) is 8.42 Å². The predicted molar refractivity (Wildman–Crippen MR) is 74.7 cm³/mol. The Hall–Kier alpha value is -0.890. The van der Waals surface area contributed by atoms with Crippen LogP contribution in [0.1, 0.15) is 29.8 Å². The van der Waals surface area contributed by atoms with Crippen molar-refractivity contribution in [3.05, 3.63) is 16.4 Å². The number of aryl methyl sites for hydroxylation is 1. The van der Waals surface area contributed by atoms with Crippen LogP contribution >= 0.6 is 15.9 Å². The number of aromatic nitrogens is 2. The average Bonchev–Trinajstić information content (AvgIpc) is 2.66. The van der Waals surface area contributed by atoms with Crippen LogP contribution in [0.25, 0.3) is 0 Å². The number of rotatable bonds is 3. The molecule has 0 aliphatic carbocycles. The van der Waals surface area contributed by atoms with Crippen molar-refractivity contribution in [2.24, 2.45) is 7.05 Å². The van der Waals surface area contributed by atoms with E-state index in [2.05, 4.69) is 26.3 Å². The van der Waals surface area contributed by atoms with Crippen LogP contribution in [0.3, 0.4) is 0 Å². The Morgan fingerprint density at radius 3 is 2.89 bits per heavy atom. The molecule has 1 aromatic rings. The van der Waals surface area contributed by atoms with Crippen LogP contribution in [0.4, 0.5) is 0 Å². The summed E-state index contributed by atoms with van der Waals surface area (Å²) >= 11 is 3.24. The number of carbonyl (C=O) groups is 1. The molecule has 0 radical (unpaired) electrons. The lowest BCUT2D eigenvalue weighted by molar-refractivity contribution is 0.0946. The van der Waals surface area contributed by atoms with Crippen molar-refractivity contribution >= 4 is 31.7 Å². The van der Waals surface area contributed by atoms with E-state index in [1.807, 2.05) is 0 Å². The van der Waals surface area contributed by atoms with Gasteiger partial charge in [0.2, 0.25) is 0 Å². The smallest absolute Gasteiger partial charge is 0.273 e. The second-order valence-corrected chi connectivity index (χ2v) is 7.95. The third-order valence-corrected chi connectivity index (χ3v) is 6.06. The number of nitrogens with one attached hydrogen (secondary N) is 1. The molecule has 6 nitrogen and oxygen atoms in total. The van der Waals surface area contributed by atoms with Gasteiger partial charge in [0.1, 0.15) is 0 Å². The topological polar surface area (TPSA) is 81.1 Å². The van der Waals surface area contributed by atoms with Crippen molar-refractivity contribution < 1.29 is 13.2 Å². The van der Waals surface area contributed by atoms with E-state index in [1.165, 1.54) is 4.68 Å². The highest BCUT2D eigenvalue weighted by Gasteiger charge is 2.29. The number of carbonyl (C=O) groups excluding carboxylic acids is 1. The fourth-order valence-electron chi connectivity index (χ4n) is 2.15. The monoisotopic (exact) mass is 349 g/mol. The fraction of sp³-hybridized carbons (Fsp3) is 0.636. The second kappa shape index (κ2) is 5.62. The number of halogens is 1. The van der Waals surface area contributed by atoms with Crippen molar-refractivity contribution in [2.45, 2.75) is 24.5 Å². The lowest BCUT2D eigenvalue weighted by atomic mass is 10.2. The van der Waals surface area contributed by atoms with Crippen molar-refractivity contribution in [1.82, 2.24) is 15.1 Å². The molecule has 106 valence electrons. The van der Waals surface area contributed by atoms with E-state index in [9.17, 15) is 13.2 Å². The summed E-state index contributed by atoms with van der Waals surface area (Å²) in [4.78, 5) is 11.9. The molecule has 1 amide bonds. The first-order chi connectivity index (χ1) is 8.90. The highest BCUT2D eigenvalue weighted by atomic mass is 79.9. The van der Waals surface area contributed by atoms with Crippen LogP contribution in [-0.2, 0) is 16.9 Å². The van der Waals surface area contributed by atoms with E-state index in [4.69, 9.17) is 0 Å². The number of hydrogen-bond donors (Lipinski definition) is 1. The fourth-order valence-corrected chi connectivity index (χ4v) is 4.51. The summed E-state index contributed by atoms with van der Waals surface area (Å²) in [5, 5.41) is 6.21. The molecule has 1 N–H and O–H groups in total. The van der Waals surface area contributed by atoms with Gasteiger partial charge >= 0.3 is 0 Å². The predicted octanol–water partition coefficient (Wildman–Crippen LogP) is 0.880. The normalized spacial score (nSPS) is 22.1. The Morgan fingerprint density at radius 1 is 1.58 bits per heavy atom.